The average molecular weight is 390 g/mol. The molecule has 0 spiro atoms. The molecule has 2 N–H and O–H groups in total. The summed E-state index contributed by atoms with van der Waals surface area (Å²) in [5.74, 6) is 1.73. The van der Waals surface area contributed by atoms with Gasteiger partial charge >= 0.3 is 0 Å². The van der Waals surface area contributed by atoms with Crippen molar-refractivity contribution in [2.24, 2.45) is 0 Å². The Morgan fingerprint density at radius 3 is 2.62 bits per heavy atom. The lowest BCUT2D eigenvalue weighted by Crippen LogP contribution is -2.27. The zero-order valence-corrected chi connectivity index (χ0v) is 17.2. The number of nitrogens with zero attached hydrogens (tertiary/aromatic N) is 2. The first-order chi connectivity index (χ1) is 14.0. The molecule has 6 nitrogen and oxygen atoms in total. The molecule has 2 aromatic carbocycles. The average Bonchev–Trinajstić information content (AvgIpc) is 2.71. The molecule has 150 valence electrons. The van der Waals surface area contributed by atoms with E-state index in [1.54, 1.807) is 20.1 Å². The first kappa shape index (κ1) is 20.3. The largest absolute Gasteiger partial charge is 0.496 e. The Hall–Kier alpha value is -3.41. The summed E-state index contributed by atoms with van der Waals surface area (Å²) in [7, 11) is 1.64. The smallest absolute Gasteiger partial charge is 0.270 e. The molecule has 0 saturated carbocycles. The van der Waals surface area contributed by atoms with Crippen LogP contribution in [0, 0.1) is 20.8 Å². The van der Waals surface area contributed by atoms with Crippen molar-refractivity contribution in [1.29, 1.82) is 0 Å². The van der Waals surface area contributed by atoms with Gasteiger partial charge < -0.3 is 15.4 Å². The van der Waals surface area contributed by atoms with Gasteiger partial charge in [0.05, 0.1) is 7.11 Å². The van der Waals surface area contributed by atoms with Crippen molar-refractivity contribution in [3.05, 3.63) is 76.7 Å². The van der Waals surface area contributed by atoms with Crippen molar-refractivity contribution in [3.8, 4) is 5.75 Å². The van der Waals surface area contributed by atoms with E-state index in [0.29, 0.717) is 30.3 Å². The maximum atomic E-state index is 12.6. The number of aromatic nitrogens is 2. The van der Waals surface area contributed by atoms with Crippen LogP contribution in [0.3, 0.4) is 0 Å². The third-order valence-corrected chi connectivity index (χ3v) is 4.81. The van der Waals surface area contributed by atoms with Crippen LogP contribution in [0.2, 0.25) is 0 Å². The molecule has 1 heterocycles. The molecule has 0 atom stereocenters. The summed E-state index contributed by atoms with van der Waals surface area (Å²) in [6.07, 6.45) is 0.674. The molecule has 6 heteroatoms. The van der Waals surface area contributed by atoms with E-state index in [0.717, 1.165) is 22.6 Å². The van der Waals surface area contributed by atoms with Gasteiger partial charge in [-0.15, -0.1) is 0 Å². The van der Waals surface area contributed by atoms with Crippen LogP contribution in [-0.2, 0) is 6.42 Å². The standard InChI is InChI=1S/C23H26N4O2/c1-15-8-7-10-19(16(15)2)27-22-14-20(25-17(3)26-22)23(28)24-13-12-18-9-5-6-11-21(18)29-4/h5-11,14H,12-13H2,1-4H3,(H,24,28)(H,25,26,27). The topological polar surface area (TPSA) is 76.1 Å². The summed E-state index contributed by atoms with van der Waals surface area (Å²) in [6, 6.07) is 15.5. The van der Waals surface area contributed by atoms with E-state index in [-0.39, 0.29) is 5.91 Å². The fourth-order valence-corrected chi connectivity index (χ4v) is 3.08. The number of rotatable bonds is 7. The third-order valence-electron chi connectivity index (χ3n) is 4.81. The SMILES string of the molecule is COc1ccccc1CCNC(=O)c1cc(Nc2cccc(C)c2C)nc(C)n1. The number of aryl methyl sites for hydroxylation is 2. The molecule has 0 saturated heterocycles. The quantitative estimate of drug-likeness (QED) is 0.634. The number of para-hydroxylation sites is 1. The van der Waals surface area contributed by atoms with Gasteiger partial charge in [-0.25, -0.2) is 9.97 Å². The van der Waals surface area contributed by atoms with Crippen LogP contribution < -0.4 is 15.4 Å². The van der Waals surface area contributed by atoms with Crippen LogP contribution in [0.4, 0.5) is 11.5 Å². The van der Waals surface area contributed by atoms with Crippen LogP contribution in [0.25, 0.3) is 0 Å². The minimum atomic E-state index is -0.227. The molecule has 3 rings (SSSR count). The molecule has 1 aromatic heterocycles. The van der Waals surface area contributed by atoms with Crippen molar-refractivity contribution >= 4 is 17.4 Å². The monoisotopic (exact) mass is 390 g/mol. The molecule has 0 unspecified atom stereocenters. The number of hydrogen-bond acceptors (Lipinski definition) is 5. The highest BCUT2D eigenvalue weighted by Gasteiger charge is 2.12. The summed E-state index contributed by atoms with van der Waals surface area (Å²) in [4.78, 5) is 21.3. The number of anilines is 2. The molecule has 0 radical (unpaired) electrons. The van der Waals surface area contributed by atoms with E-state index in [4.69, 9.17) is 4.74 Å². The van der Waals surface area contributed by atoms with Gasteiger partial charge in [0, 0.05) is 18.3 Å². The van der Waals surface area contributed by atoms with E-state index in [1.165, 1.54) is 5.56 Å². The zero-order valence-electron chi connectivity index (χ0n) is 17.2. The van der Waals surface area contributed by atoms with Gasteiger partial charge in [-0.3, -0.25) is 4.79 Å². The van der Waals surface area contributed by atoms with Crippen LogP contribution in [0.15, 0.2) is 48.5 Å². The fourth-order valence-electron chi connectivity index (χ4n) is 3.08. The van der Waals surface area contributed by atoms with Crippen LogP contribution in [0.1, 0.15) is 33.0 Å². The van der Waals surface area contributed by atoms with Crippen molar-refractivity contribution < 1.29 is 9.53 Å². The number of benzene rings is 2. The highest BCUT2D eigenvalue weighted by atomic mass is 16.5. The van der Waals surface area contributed by atoms with Crippen LogP contribution in [0.5, 0.6) is 5.75 Å². The predicted octanol–water partition coefficient (Wildman–Crippen LogP) is 4.13. The second-order valence-corrected chi connectivity index (χ2v) is 6.88. The van der Waals surface area contributed by atoms with Gasteiger partial charge in [-0.05, 0) is 56.0 Å². The lowest BCUT2D eigenvalue weighted by molar-refractivity contribution is 0.0948. The van der Waals surface area contributed by atoms with E-state index in [1.807, 2.05) is 36.4 Å². The number of hydrogen-bond donors (Lipinski definition) is 2. The summed E-state index contributed by atoms with van der Waals surface area (Å²) in [5, 5.41) is 6.22. The molecular weight excluding hydrogens is 364 g/mol. The molecule has 29 heavy (non-hydrogen) atoms. The molecular formula is C23H26N4O2. The maximum absolute atomic E-state index is 12.6. The molecule has 0 fully saturated rings. The highest BCUT2D eigenvalue weighted by molar-refractivity contribution is 5.93. The third kappa shape index (κ3) is 5.10. The Bertz CT molecular complexity index is 1020. The minimum absolute atomic E-state index is 0.227. The number of carbonyl (C=O) groups excluding carboxylic acids is 1. The zero-order chi connectivity index (χ0) is 20.8. The number of amides is 1. The van der Waals surface area contributed by atoms with Crippen LogP contribution >= 0.6 is 0 Å². The molecule has 0 aliphatic carbocycles. The number of carbonyl (C=O) groups is 1. The Labute approximate surface area is 171 Å². The second-order valence-electron chi connectivity index (χ2n) is 6.88. The Morgan fingerprint density at radius 2 is 1.83 bits per heavy atom. The van der Waals surface area contributed by atoms with Gasteiger partial charge in [0.2, 0.25) is 0 Å². The lowest BCUT2D eigenvalue weighted by atomic mass is 10.1. The molecule has 0 aliphatic heterocycles. The Kier molecular flexibility index (Phi) is 6.44. The van der Waals surface area contributed by atoms with E-state index >= 15 is 0 Å². The van der Waals surface area contributed by atoms with Gasteiger partial charge in [0.1, 0.15) is 23.1 Å². The summed E-state index contributed by atoms with van der Waals surface area (Å²) in [5.41, 5.74) is 4.68. The normalized spacial score (nSPS) is 10.5. The number of nitrogens with one attached hydrogen (secondary N) is 2. The minimum Gasteiger partial charge on any atom is -0.496 e. The lowest BCUT2D eigenvalue weighted by Gasteiger charge is -2.12. The molecule has 0 bridgehead atoms. The summed E-state index contributed by atoms with van der Waals surface area (Å²) in [6.45, 7) is 6.38. The van der Waals surface area contributed by atoms with Gasteiger partial charge in [-0.1, -0.05) is 30.3 Å². The maximum Gasteiger partial charge on any atom is 0.270 e. The highest BCUT2D eigenvalue weighted by Crippen LogP contribution is 2.22. The first-order valence-electron chi connectivity index (χ1n) is 9.57. The van der Waals surface area contributed by atoms with E-state index in [2.05, 4.69) is 40.5 Å². The summed E-state index contributed by atoms with van der Waals surface area (Å²) >= 11 is 0. The van der Waals surface area contributed by atoms with Gasteiger partial charge in [0.25, 0.3) is 5.91 Å². The molecule has 1 amide bonds. The van der Waals surface area contributed by atoms with E-state index < -0.39 is 0 Å². The predicted molar refractivity (Wildman–Crippen MR) is 115 cm³/mol. The fraction of sp³-hybridized carbons (Fsp3) is 0.261. The number of ether oxygens (including phenoxy) is 1. The van der Waals surface area contributed by atoms with Crippen molar-refractivity contribution in [2.75, 3.05) is 19.0 Å². The first-order valence-corrected chi connectivity index (χ1v) is 9.57. The molecule has 3 aromatic rings. The van der Waals surface area contributed by atoms with Crippen LogP contribution in [-0.4, -0.2) is 29.5 Å². The summed E-state index contributed by atoms with van der Waals surface area (Å²) < 4.78 is 5.35. The van der Waals surface area contributed by atoms with E-state index in [9.17, 15) is 4.79 Å². The molecule has 0 aliphatic rings. The van der Waals surface area contributed by atoms with Crippen molar-refractivity contribution in [3.63, 3.8) is 0 Å². The second kappa shape index (κ2) is 9.19. The van der Waals surface area contributed by atoms with Crippen molar-refractivity contribution in [2.45, 2.75) is 27.2 Å². The van der Waals surface area contributed by atoms with Gasteiger partial charge in [0.15, 0.2) is 0 Å². The van der Waals surface area contributed by atoms with Gasteiger partial charge in [-0.2, -0.15) is 0 Å². The Balaban J connectivity index is 1.68. The number of methoxy groups -OCH3 is 1. The van der Waals surface area contributed by atoms with Crippen molar-refractivity contribution in [1.82, 2.24) is 15.3 Å². The Morgan fingerprint density at radius 1 is 1.03 bits per heavy atom.